The van der Waals surface area contributed by atoms with Crippen molar-refractivity contribution in [2.24, 2.45) is 5.92 Å². The number of aliphatic carboxylic acids is 1. The number of hydrogen-bond acceptors (Lipinski definition) is 2. The molecule has 1 aromatic carbocycles. The Morgan fingerprint density at radius 1 is 1.24 bits per heavy atom. The van der Waals surface area contributed by atoms with Crippen molar-refractivity contribution in [2.45, 2.75) is 33.1 Å². The number of carbonyl (C=O) groups excluding carboxylic acids is 1. The van der Waals surface area contributed by atoms with Gasteiger partial charge in [0, 0.05) is 19.5 Å². The van der Waals surface area contributed by atoms with Crippen LogP contribution in [0.15, 0.2) is 24.3 Å². The molecule has 116 valence electrons. The standard InChI is InChI=1S/C16H24N2O3/c1-12(7-8-15(19)20)11-18-16(21)17-10-9-14-6-4-3-5-13(14)2/h3-6,12H,7-11H2,1-2H3,(H,19,20)(H2,17,18,21). The van der Waals surface area contributed by atoms with Gasteiger partial charge in [0.05, 0.1) is 0 Å². The van der Waals surface area contributed by atoms with Crippen LogP contribution in [0.4, 0.5) is 4.79 Å². The highest BCUT2D eigenvalue weighted by Gasteiger charge is 2.07. The van der Waals surface area contributed by atoms with Crippen LogP contribution >= 0.6 is 0 Å². The molecule has 0 radical (unpaired) electrons. The molecule has 2 amide bonds. The first-order valence-corrected chi connectivity index (χ1v) is 7.27. The molecule has 0 aromatic heterocycles. The van der Waals surface area contributed by atoms with E-state index >= 15 is 0 Å². The summed E-state index contributed by atoms with van der Waals surface area (Å²) in [6, 6.07) is 7.90. The lowest BCUT2D eigenvalue weighted by Crippen LogP contribution is -2.38. The highest BCUT2D eigenvalue weighted by atomic mass is 16.4. The molecule has 5 nitrogen and oxygen atoms in total. The molecule has 0 saturated heterocycles. The molecule has 1 aromatic rings. The number of amides is 2. The summed E-state index contributed by atoms with van der Waals surface area (Å²) in [5.74, 6) is -0.646. The van der Waals surface area contributed by atoms with Gasteiger partial charge in [-0.1, -0.05) is 31.2 Å². The lowest BCUT2D eigenvalue weighted by Gasteiger charge is -2.12. The Morgan fingerprint density at radius 3 is 2.62 bits per heavy atom. The Bertz CT molecular complexity index is 474. The average Bonchev–Trinajstić information content (AvgIpc) is 2.45. The Hall–Kier alpha value is -2.04. The van der Waals surface area contributed by atoms with Gasteiger partial charge in [0.15, 0.2) is 0 Å². The molecule has 21 heavy (non-hydrogen) atoms. The summed E-state index contributed by atoms with van der Waals surface area (Å²) in [5, 5.41) is 14.2. The third kappa shape index (κ3) is 7.34. The first-order chi connectivity index (χ1) is 9.99. The first kappa shape index (κ1) is 17.0. The van der Waals surface area contributed by atoms with Crippen LogP contribution in [0.3, 0.4) is 0 Å². The fourth-order valence-corrected chi connectivity index (χ4v) is 2.00. The minimum atomic E-state index is -0.801. The first-order valence-electron chi connectivity index (χ1n) is 7.27. The van der Waals surface area contributed by atoms with Crippen molar-refractivity contribution >= 4 is 12.0 Å². The van der Waals surface area contributed by atoms with Crippen molar-refractivity contribution in [3.8, 4) is 0 Å². The average molecular weight is 292 g/mol. The van der Waals surface area contributed by atoms with Crippen molar-refractivity contribution in [3.63, 3.8) is 0 Å². The molecule has 0 heterocycles. The molecule has 1 rings (SSSR count). The maximum atomic E-state index is 11.6. The Balaban J connectivity index is 2.17. The molecule has 1 unspecified atom stereocenters. The molecular formula is C16H24N2O3. The number of aryl methyl sites for hydroxylation is 1. The van der Waals surface area contributed by atoms with Crippen LogP contribution in [0.5, 0.6) is 0 Å². The van der Waals surface area contributed by atoms with Gasteiger partial charge in [-0.15, -0.1) is 0 Å². The second-order valence-electron chi connectivity index (χ2n) is 5.35. The largest absolute Gasteiger partial charge is 0.481 e. The van der Waals surface area contributed by atoms with Crippen LogP contribution in [0.2, 0.25) is 0 Å². The zero-order valence-electron chi connectivity index (χ0n) is 12.7. The van der Waals surface area contributed by atoms with Crippen molar-refractivity contribution < 1.29 is 14.7 Å². The van der Waals surface area contributed by atoms with Gasteiger partial charge in [-0.05, 0) is 36.8 Å². The Morgan fingerprint density at radius 2 is 1.95 bits per heavy atom. The number of carboxylic acid groups (broad SMARTS) is 1. The number of nitrogens with one attached hydrogen (secondary N) is 2. The summed E-state index contributed by atoms with van der Waals surface area (Å²) in [6.45, 7) is 5.06. The van der Waals surface area contributed by atoms with E-state index in [1.807, 2.05) is 19.1 Å². The van der Waals surface area contributed by atoms with E-state index in [1.165, 1.54) is 11.1 Å². The van der Waals surface area contributed by atoms with Crippen molar-refractivity contribution in [3.05, 3.63) is 35.4 Å². The SMILES string of the molecule is Cc1ccccc1CCNC(=O)NCC(C)CCC(=O)O. The number of rotatable bonds is 8. The molecule has 0 spiro atoms. The fraction of sp³-hybridized carbons (Fsp3) is 0.500. The highest BCUT2D eigenvalue weighted by molar-refractivity contribution is 5.73. The van der Waals surface area contributed by atoms with Crippen LogP contribution in [-0.2, 0) is 11.2 Å². The smallest absolute Gasteiger partial charge is 0.314 e. The van der Waals surface area contributed by atoms with E-state index in [9.17, 15) is 9.59 Å². The second-order valence-corrected chi connectivity index (χ2v) is 5.35. The monoisotopic (exact) mass is 292 g/mol. The van der Waals surface area contributed by atoms with Gasteiger partial charge >= 0.3 is 12.0 Å². The zero-order chi connectivity index (χ0) is 15.7. The van der Waals surface area contributed by atoms with Crippen LogP contribution < -0.4 is 10.6 Å². The summed E-state index contributed by atoms with van der Waals surface area (Å²) in [5.41, 5.74) is 2.45. The van der Waals surface area contributed by atoms with Crippen molar-refractivity contribution in [1.29, 1.82) is 0 Å². The molecular weight excluding hydrogens is 268 g/mol. The molecule has 0 aliphatic carbocycles. The molecule has 0 fully saturated rings. The second kappa shape index (κ2) is 9.00. The summed E-state index contributed by atoms with van der Waals surface area (Å²) in [4.78, 5) is 22.1. The van der Waals surface area contributed by atoms with Gasteiger partial charge in [-0.2, -0.15) is 0 Å². The fourth-order valence-electron chi connectivity index (χ4n) is 2.00. The van der Waals surface area contributed by atoms with Gasteiger partial charge in [0.25, 0.3) is 0 Å². The molecule has 0 aliphatic rings. The Kier molecular flexibility index (Phi) is 7.29. The zero-order valence-corrected chi connectivity index (χ0v) is 12.7. The number of carbonyl (C=O) groups is 2. The minimum absolute atomic E-state index is 0.137. The van der Waals surface area contributed by atoms with E-state index < -0.39 is 5.97 Å². The van der Waals surface area contributed by atoms with Gasteiger partial charge in [-0.25, -0.2) is 4.79 Å². The highest BCUT2D eigenvalue weighted by Crippen LogP contribution is 2.07. The predicted molar refractivity (Wildman–Crippen MR) is 82.3 cm³/mol. The van der Waals surface area contributed by atoms with Crippen LogP contribution in [-0.4, -0.2) is 30.2 Å². The lowest BCUT2D eigenvalue weighted by molar-refractivity contribution is -0.137. The van der Waals surface area contributed by atoms with Crippen LogP contribution in [0.1, 0.15) is 30.9 Å². The number of carboxylic acids is 1. The van der Waals surface area contributed by atoms with E-state index in [1.54, 1.807) is 0 Å². The van der Waals surface area contributed by atoms with E-state index in [0.717, 1.165) is 6.42 Å². The normalized spacial score (nSPS) is 11.7. The van der Waals surface area contributed by atoms with Crippen molar-refractivity contribution in [2.75, 3.05) is 13.1 Å². The van der Waals surface area contributed by atoms with E-state index in [0.29, 0.717) is 19.5 Å². The topological polar surface area (TPSA) is 78.4 Å². The number of urea groups is 1. The summed E-state index contributed by atoms with van der Waals surface area (Å²) in [7, 11) is 0. The minimum Gasteiger partial charge on any atom is -0.481 e. The molecule has 1 atom stereocenters. The van der Waals surface area contributed by atoms with E-state index in [4.69, 9.17) is 5.11 Å². The van der Waals surface area contributed by atoms with E-state index in [-0.39, 0.29) is 18.4 Å². The molecule has 0 aliphatic heterocycles. The maximum absolute atomic E-state index is 11.6. The van der Waals surface area contributed by atoms with Crippen molar-refractivity contribution in [1.82, 2.24) is 10.6 Å². The van der Waals surface area contributed by atoms with Crippen LogP contribution in [0, 0.1) is 12.8 Å². The van der Waals surface area contributed by atoms with Crippen LogP contribution in [0.25, 0.3) is 0 Å². The molecule has 5 heteroatoms. The van der Waals surface area contributed by atoms with E-state index in [2.05, 4.69) is 29.7 Å². The summed E-state index contributed by atoms with van der Waals surface area (Å²) < 4.78 is 0. The lowest BCUT2D eigenvalue weighted by atomic mass is 10.1. The van der Waals surface area contributed by atoms with Gasteiger partial charge in [0.2, 0.25) is 0 Å². The molecule has 0 saturated carbocycles. The summed E-state index contributed by atoms with van der Waals surface area (Å²) >= 11 is 0. The maximum Gasteiger partial charge on any atom is 0.314 e. The third-order valence-corrected chi connectivity index (χ3v) is 3.40. The molecule has 3 N–H and O–H groups in total. The van der Waals surface area contributed by atoms with Gasteiger partial charge in [-0.3, -0.25) is 4.79 Å². The quantitative estimate of drug-likeness (QED) is 0.688. The van der Waals surface area contributed by atoms with Gasteiger partial charge < -0.3 is 15.7 Å². The summed E-state index contributed by atoms with van der Waals surface area (Å²) in [6.07, 6.45) is 1.51. The number of hydrogen-bond donors (Lipinski definition) is 3. The third-order valence-electron chi connectivity index (χ3n) is 3.40. The van der Waals surface area contributed by atoms with Gasteiger partial charge in [0.1, 0.15) is 0 Å². The Labute approximate surface area is 125 Å². The molecule has 0 bridgehead atoms. The number of benzene rings is 1. The predicted octanol–water partition coefficient (Wildman–Crippen LogP) is 2.34.